The number of alkyl halides is 4. The third kappa shape index (κ3) is 4.54. The molecule has 0 aromatic heterocycles. The Morgan fingerprint density at radius 3 is 2.29 bits per heavy atom. The fourth-order valence-electron chi connectivity index (χ4n) is 1.69. The molecule has 0 saturated carbocycles. The Hall–Kier alpha value is -1.47. The first kappa shape index (κ1) is 20.6. The maximum absolute atomic E-state index is 13.1. The van der Waals surface area contributed by atoms with Crippen LogP contribution in [0.3, 0.4) is 0 Å². The van der Waals surface area contributed by atoms with Crippen LogP contribution in [0.4, 0.5) is 17.6 Å². The minimum atomic E-state index is -6.35. The fraction of sp³-hybridized carbons (Fsp3) is 0.818. The molecule has 1 saturated heterocycles. The molecule has 1 heterocycles. The highest BCUT2D eigenvalue weighted by Crippen LogP contribution is 2.40. The van der Waals surface area contributed by atoms with Crippen LogP contribution in [0.5, 0.6) is 0 Å². The van der Waals surface area contributed by atoms with Crippen molar-refractivity contribution < 1.29 is 54.3 Å². The molecule has 1 fully saturated rings. The quantitative estimate of drug-likeness (QED) is 0.395. The molecule has 1 rings (SSSR count). The smallest absolute Gasteiger partial charge is 0.431 e. The third-order valence-electron chi connectivity index (χ3n) is 2.82. The molecule has 0 aliphatic carbocycles. The molecule has 24 heavy (non-hydrogen) atoms. The van der Waals surface area contributed by atoms with Crippen LogP contribution in [0.2, 0.25) is 0 Å². The summed E-state index contributed by atoms with van der Waals surface area (Å²) in [5.41, 5.74) is 0. The molecule has 0 aromatic rings. The fourth-order valence-corrected chi connectivity index (χ4v) is 2.16. The molecule has 1 aliphatic heterocycles. The summed E-state index contributed by atoms with van der Waals surface area (Å²) in [6.45, 7) is 1.49. The van der Waals surface area contributed by atoms with Gasteiger partial charge in [-0.05, 0) is 0 Å². The average Bonchev–Trinajstić information content (AvgIpc) is 2.60. The summed E-state index contributed by atoms with van der Waals surface area (Å²) in [5.74, 6) is -8.57. The maximum atomic E-state index is 13.1. The molecule has 1 atom stereocenters. The number of esters is 2. The zero-order chi connectivity index (χ0) is 19.0. The van der Waals surface area contributed by atoms with Crippen molar-refractivity contribution >= 4 is 22.1 Å². The minimum absolute atomic E-state index is 0.706. The van der Waals surface area contributed by atoms with Crippen LogP contribution >= 0.6 is 0 Å². The number of hydrogen-bond donors (Lipinski definition) is 1. The largest absolute Gasteiger partial charge is 0.465 e. The van der Waals surface area contributed by atoms with E-state index in [1.54, 1.807) is 0 Å². The molecule has 1 unspecified atom stereocenters. The monoisotopic (exact) mass is 382 g/mol. The first-order valence-electron chi connectivity index (χ1n) is 6.38. The summed E-state index contributed by atoms with van der Waals surface area (Å²) in [6.07, 6.45) is -3.91. The summed E-state index contributed by atoms with van der Waals surface area (Å²) < 4.78 is 94.7. The van der Waals surface area contributed by atoms with Gasteiger partial charge in [-0.15, -0.1) is 0 Å². The average molecular weight is 382 g/mol. The Morgan fingerprint density at radius 2 is 1.88 bits per heavy atom. The predicted molar refractivity (Wildman–Crippen MR) is 66.7 cm³/mol. The van der Waals surface area contributed by atoms with Crippen molar-refractivity contribution in [2.24, 2.45) is 0 Å². The molecule has 13 heteroatoms. The Labute approximate surface area is 133 Å². The van der Waals surface area contributed by atoms with Crippen LogP contribution in [0, 0.1) is 0 Å². The number of cyclic esters (lactones) is 1. The van der Waals surface area contributed by atoms with Crippen LogP contribution in [-0.2, 0) is 33.9 Å². The SMILES string of the molecule is CC1(C)OC(=O)C(CC(=O)OCCC(F)(F)C(F)(F)S(=O)(=O)O)O1. The van der Waals surface area contributed by atoms with Crippen molar-refractivity contribution in [2.75, 3.05) is 6.61 Å². The molecule has 0 spiro atoms. The van der Waals surface area contributed by atoms with Crippen molar-refractivity contribution in [3.63, 3.8) is 0 Å². The molecular weight excluding hydrogens is 368 g/mol. The first-order valence-corrected chi connectivity index (χ1v) is 7.82. The molecule has 140 valence electrons. The predicted octanol–water partition coefficient (Wildman–Crippen LogP) is 1.10. The Balaban J connectivity index is 2.53. The summed E-state index contributed by atoms with van der Waals surface area (Å²) in [7, 11) is -6.35. The maximum Gasteiger partial charge on any atom is 0.431 e. The van der Waals surface area contributed by atoms with Gasteiger partial charge in [-0.1, -0.05) is 0 Å². The van der Waals surface area contributed by atoms with E-state index in [0.29, 0.717) is 0 Å². The molecular formula is C11H14F4O8S. The first-order chi connectivity index (χ1) is 10.6. The van der Waals surface area contributed by atoms with Crippen molar-refractivity contribution in [3.8, 4) is 0 Å². The molecule has 1 N–H and O–H groups in total. The van der Waals surface area contributed by atoms with E-state index in [2.05, 4.69) is 4.74 Å². The number of carbonyl (C=O) groups excluding carboxylic acids is 2. The van der Waals surface area contributed by atoms with Gasteiger partial charge < -0.3 is 14.2 Å². The van der Waals surface area contributed by atoms with Gasteiger partial charge >= 0.3 is 33.2 Å². The molecule has 1 aliphatic rings. The van der Waals surface area contributed by atoms with Crippen molar-refractivity contribution in [1.82, 2.24) is 0 Å². The zero-order valence-electron chi connectivity index (χ0n) is 12.4. The Morgan fingerprint density at radius 1 is 1.33 bits per heavy atom. The summed E-state index contributed by atoms with van der Waals surface area (Å²) >= 11 is 0. The van der Waals surface area contributed by atoms with E-state index < -0.39 is 64.6 Å². The molecule has 0 amide bonds. The highest BCUT2D eigenvalue weighted by atomic mass is 32.2. The van der Waals surface area contributed by atoms with Crippen LogP contribution < -0.4 is 0 Å². The summed E-state index contributed by atoms with van der Waals surface area (Å²) in [4.78, 5) is 22.7. The Kier molecular flexibility index (Phi) is 5.52. The highest BCUT2D eigenvalue weighted by molar-refractivity contribution is 7.87. The van der Waals surface area contributed by atoms with Crippen molar-refractivity contribution in [3.05, 3.63) is 0 Å². The van der Waals surface area contributed by atoms with E-state index >= 15 is 0 Å². The lowest BCUT2D eigenvalue weighted by Gasteiger charge is -2.23. The molecule has 0 radical (unpaired) electrons. The van der Waals surface area contributed by atoms with Gasteiger partial charge in [-0.25, -0.2) is 4.79 Å². The lowest BCUT2D eigenvalue weighted by atomic mass is 10.2. The Bertz CT molecular complexity index is 616. The summed E-state index contributed by atoms with van der Waals surface area (Å²) in [5, 5.41) is -5.74. The van der Waals surface area contributed by atoms with Gasteiger partial charge in [0.25, 0.3) is 0 Å². The minimum Gasteiger partial charge on any atom is -0.465 e. The number of hydrogen-bond acceptors (Lipinski definition) is 7. The van der Waals surface area contributed by atoms with Crippen LogP contribution in [0.15, 0.2) is 0 Å². The lowest BCUT2D eigenvalue weighted by molar-refractivity contribution is -0.176. The van der Waals surface area contributed by atoms with E-state index in [1.807, 2.05) is 0 Å². The van der Waals surface area contributed by atoms with Crippen LogP contribution in [0.25, 0.3) is 0 Å². The second-order valence-corrected chi connectivity index (χ2v) is 6.76. The van der Waals surface area contributed by atoms with Crippen molar-refractivity contribution in [2.45, 2.75) is 49.8 Å². The zero-order valence-corrected chi connectivity index (χ0v) is 13.2. The third-order valence-corrected chi connectivity index (χ3v) is 3.76. The number of rotatable bonds is 7. The topological polar surface area (TPSA) is 116 Å². The van der Waals surface area contributed by atoms with E-state index in [9.17, 15) is 35.6 Å². The number of carbonyl (C=O) groups is 2. The molecule has 8 nitrogen and oxygen atoms in total. The summed E-state index contributed by atoms with van der Waals surface area (Å²) in [6, 6.07) is 0. The van der Waals surface area contributed by atoms with Gasteiger partial charge in [0.2, 0.25) is 5.79 Å². The standard InChI is InChI=1S/C11H14F4O8S/c1-9(2)22-6(8(17)23-9)5-7(16)21-4-3-10(12,13)11(14,15)24(18,19)20/h6H,3-5H2,1-2H3,(H,18,19,20). The highest BCUT2D eigenvalue weighted by Gasteiger charge is 2.65. The van der Waals surface area contributed by atoms with Gasteiger partial charge in [0.15, 0.2) is 6.10 Å². The van der Waals surface area contributed by atoms with Gasteiger partial charge in [0, 0.05) is 13.8 Å². The molecule has 0 bridgehead atoms. The van der Waals surface area contributed by atoms with Gasteiger partial charge in [0.1, 0.15) is 0 Å². The van der Waals surface area contributed by atoms with E-state index in [1.165, 1.54) is 13.8 Å². The second kappa shape index (κ2) is 6.44. The number of halogens is 4. The lowest BCUT2D eigenvalue weighted by Crippen LogP contribution is -2.47. The van der Waals surface area contributed by atoms with E-state index in [0.717, 1.165) is 0 Å². The van der Waals surface area contributed by atoms with Crippen molar-refractivity contribution in [1.29, 1.82) is 0 Å². The van der Waals surface area contributed by atoms with Gasteiger partial charge in [0.05, 0.1) is 19.4 Å². The number of ether oxygens (including phenoxy) is 3. The second-order valence-electron chi connectivity index (χ2n) is 5.30. The van der Waals surface area contributed by atoms with Crippen LogP contribution in [-0.4, -0.2) is 54.6 Å². The normalized spacial score (nSPS) is 21.5. The van der Waals surface area contributed by atoms with Gasteiger partial charge in [-0.3, -0.25) is 9.35 Å². The van der Waals surface area contributed by atoms with Gasteiger partial charge in [-0.2, -0.15) is 26.0 Å². The van der Waals surface area contributed by atoms with E-state index in [4.69, 9.17) is 14.0 Å². The van der Waals surface area contributed by atoms with Crippen LogP contribution in [0.1, 0.15) is 26.7 Å². The molecule has 0 aromatic carbocycles. The van der Waals surface area contributed by atoms with E-state index in [-0.39, 0.29) is 0 Å².